The van der Waals surface area contributed by atoms with Gasteiger partial charge in [0.15, 0.2) is 0 Å². The van der Waals surface area contributed by atoms with Crippen LogP contribution in [0.4, 0.5) is 5.69 Å². The van der Waals surface area contributed by atoms with Gasteiger partial charge < -0.3 is 19.1 Å². The number of hydrogen-bond donors (Lipinski definition) is 0. The smallest absolute Gasteiger partial charge is 0.355 e. The number of carbonyl (C=O) groups excluding carboxylic acids is 2. The highest BCUT2D eigenvalue weighted by Crippen LogP contribution is 2.30. The van der Waals surface area contributed by atoms with E-state index in [0.717, 1.165) is 5.56 Å². The first-order valence-electron chi connectivity index (χ1n) is 8.75. The SMILES string of the molecule is COC(=O)C1=C(C(=O)OC)N(c2cccc(-c3cccc(OC)n3)c2)C=CC=C1. The van der Waals surface area contributed by atoms with Gasteiger partial charge in [0.1, 0.15) is 5.70 Å². The van der Waals surface area contributed by atoms with Crippen LogP contribution in [-0.2, 0) is 19.1 Å². The molecule has 0 fully saturated rings. The van der Waals surface area contributed by atoms with Crippen molar-refractivity contribution >= 4 is 17.6 Å². The van der Waals surface area contributed by atoms with Crippen molar-refractivity contribution in [2.75, 3.05) is 26.2 Å². The third kappa shape index (κ3) is 4.19. The molecule has 3 rings (SSSR count). The standard InChI is InChI=1S/C22H20N2O5/c1-27-19-12-7-11-18(23-19)15-8-6-9-16(14-15)24-13-5-4-10-17(21(25)28-2)20(24)22(26)29-3/h4-14H,1-3H3. The molecule has 1 aliphatic rings. The lowest BCUT2D eigenvalue weighted by Gasteiger charge is -2.23. The summed E-state index contributed by atoms with van der Waals surface area (Å²) in [5.41, 5.74) is 2.32. The molecular formula is C22H20N2O5. The molecule has 0 atom stereocenters. The summed E-state index contributed by atoms with van der Waals surface area (Å²) in [6, 6.07) is 12.9. The zero-order valence-corrected chi connectivity index (χ0v) is 16.3. The maximum absolute atomic E-state index is 12.5. The van der Waals surface area contributed by atoms with Gasteiger partial charge in [-0.05, 0) is 30.4 Å². The van der Waals surface area contributed by atoms with Gasteiger partial charge in [0.2, 0.25) is 5.88 Å². The van der Waals surface area contributed by atoms with Crippen LogP contribution in [0, 0.1) is 0 Å². The lowest BCUT2D eigenvalue weighted by atomic mass is 10.1. The minimum absolute atomic E-state index is 0.0556. The van der Waals surface area contributed by atoms with Crippen LogP contribution in [0.2, 0.25) is 0 Å². The first kappa shape index (κ1) is 19.9. The van der Waals surface area contributed by atoms with Crippen LogP contribution >= 0.6 is 0 Å². The monoisotopic (exact) mass is 392 g/mol. The minimum Gasteiger partial charge on any atom is -0.481 e. The molecule has 0 saturated heterocycles. The fourth-order valence-electron chi connectivity index (χ4n) is 2.87. The summed E-state index contributed by atoms with van der Waals surface area (Å²) in [5.74, 6) is -0.803. The van der Waals surface area contributed by atoms with E-state index >= 15 is 0 Å². The van der Waals surface area contributed by atoms with Gasteiger partial charge in [-0.1, -0.05) is 24.3 Å². The molecule has 0 unspecified atom stereocenters. The molecule has 0 spiro atoms. The number of benzene rings is 1. The number of nitrogens with zero attached hydrogens (tertiary/aromatic N) is 2. The van der Waals surface area contributed by atoms with E-state index in [2.05, 4.69) is 4.98 Å². The van der Waals surface area contributed by atoms with E-state index in [4.69, 9.17) is 14.2 Å². The van der Waals surface area contributed by atoms with Crippen molar-refractivity contribution in [1.29, 1.82) is 0 Å². The average molecular weight is 392 g/mol. The summed E-state index contributed by atoms with van der Waals surface area (Å²) in [6.45, 7) is 0. The minimum atomic E-state index is -0.661. The Balaban J connectivity index is 2.12. The fraction of sp³-hybridized carbons (Fsp3) is 0.136. The van der Waals surface area contributed by atoms with Gasteiger partial charge in [-0.3, -0.25) is 0 Å². The molecule has 0 saturated carbocycles. The number of allylic oxidation sites excluding steroid dienone is 2. The second kappa shape index (κ2) is 8.88. The molecule has 0 aliphatic carbocycles. The van der Waals surface area contributed by atoms with Crippen molar-refractivity contribution in [3.63, 3.8) is 0 Å². The van der Waals surface area contributed by atoms with Crippen molar-refractivity contribution in [2.45, 2.75) is 0 Å². The Morgan fingerprint density at radius 2 is 1.69 bits per heavy atom. The van der Waals surface area contributed by atoms with Gasteiger partial charge in [0, 0.05) is 23.5 Å². The Bertz CT molecular complexity index is 1020. The first-order chi connectivity index (χ1) is 14.1. The number of carbonyl (C=O) groups is 2. The zero-order chi connectivity index (χ0) is 20.8. The summed E-state index contributed by atoms with van der Waals surface area (Å²) in [5, 5.41) is 0. The molecule has 1 aliphatic heterocycles. The summed E-state index contributed by atoms with van der Waals surface area (Å²) < 4.78 is 15.0. The van der Waals surface area contributed by atoms with Gasteiger partial charge in [-0.15, -0.1) is 0 Å². The predicted molar refractivity (Wildman–Crippen MR) is 108 cm³/mol. The van der Waals surface area contributed by atoms with Crippen LogP contribution in [0.1, 0.15) is 0 Å². The first-order valence-corrected chi connectivity index (χ1v) is 8.75. The highest BCUT2D eigenvalue weighted by atomic mass is 16.5. The van der Waals surface area contributed by atoms with Crippen LogP contribution in [-0.4, -0.2) is 38.3 Å². The quantitative estimate of drug-likeness (QED) is 0.723. The summed E-state index contributed by atoms with van der Waals surface area (Å²) >= 11 is 0. The Kier molecular flexibility index (Phi) is 6.09. The van der Waals surface area contributed by atoms with Crippen LogP contribution in [0.5, 0.6) is 5.88 Å². The van der Waals surface area contributed by atoms with Crippen molar-refractivity contribution < 1.29 is 23.8 Å². The Labute approximate surface area is 168 Å². The Morgan fingerprint density at radius 3 is 2.41 bits per heavy atom. The molecule has 148 valence electrons. The van der Waals surface area contributed by atoms with Crippen LogP contribution in [0.15, 0.2) is 78.2 Å². The molecule has 2 aromatic rings. The Morgan fingerprint density at radius 1 is 0.931 bits per heavy atom. The summed E-state index contributed by atoms with van der Waals surface area (Å²) in [6.07, 6.45) is 6.57. The van der Waals surface area contributed by atoms with Gasteiger partial charge in [-0.25, -0.2) is 14.6 Å². The largest absolute Gasteiger partial charge is 0.481 e. The van der Waals surface area contributed by atoms with E-state index in [1.807, 2.05) is 36.4 Å². The predicted octanol–water partition coefficient (Wildman–Crippen LogP) is 3.25. The van der Waals surface area contributed by atoms with Gasteiger partial charge >= 0.3 is 11.9 Å². The molecule has 1 aromatic heterocycles. The summed E-state index contributed by atoms with van der Waals surface area (Å²) in [7, 11) is 4.08. The number of esters is 2. The number of rotatable bonds is 5. The molecule has 7 nitrogen and oxygen atoms in total. The maximum Gasteiger partial charge on any atom is 0.355 e. The normalized spacial score (nSPS) is 13.1. The maximum atomic E-state index is 12.5. The summed E-state index contributed by atoms with van der Waals surface area (Å²) in [4.78, 5) is 30.8. The van der Waals surface area contributed by atoms with Crippen molar-refractivity contribution in [2.24, 2.45) is 0 Å². The number of methoxy groups -OCH3 is 3. The Hall–Kier alpha value is -3.87. The van der Waals surface area contributed by atoms with E-state index in [1.54, 1.807) is 36.4 Å². The van der Waals surface area contributed by atoms with E-state index in [0.29, 0.717) is 17.3 Å². The molecule has 0 N–H and O–H groups in total. The van der Waals surface area contributed by atoms with E-state index in [-0.39, 0.29) is 11.3 Å². The topological polar surface area (TPSA) is 78.0 Å². The van der Waals surface area contributed by atoms with Gasteiger partial charge in [-0.2, -0.15) is 0 Å². The van der Waals surface area contributed by atoms with Crippen molar-refractivity contribution in [3.8, 4) is 17.1 Å². The molecular weight excluding hydrogens is 372 g/mol. The number of hydrogen-bond acceptors (Lipinski definition) is 7. The van der Waals surface area contributed by atoms with E-state index in [1.165, 1.54) is 20.3 Å². The second-order valence-corrected chi connectivity index (χ2v) is 5.93. The fourth-order valence-corrected chi connectivity index (χ4v) is 2.87. The van der Waals surface area contributed by atoms with Crippen molar-refractivity contribution in [1.82, 2.24) is 4.98 Å². The van der Waals surface area contributed by atoms with E-state index < -0.39 is 11.9 Å². The number of aromatic nitrogens is 1. The van der Waals surface area contributed by atoms with Crippen molar-refractivity contribution in [3.05, 3.63) is 78.2 Å². The number of ether oxygens (including phenoxy) is 3. The molecule has 7 heteroatoms. The zero-order valence-electron chi connectivity index (χ0n) is 16.3. The molecule has 29 heavy (non-hydrogen) atoms. The third-order valence-corrected chi connectivity index (χ3v) is 4.24. The lowest BCUT2D eigenvalue weighted by molar-refractivity contribution is -0.139. The van der Waals surface area contributed by atoms with Crippen LogP contribution in [0.3, 0.4) is 0 Å². The second-order valence-electron chi connectivity index (χ2n) is 5.93. The number of anilines is 1. The molecule has 0 radical (unpaired) electrons. The highest BCUT2D eigenvalue weighted by Gasteiger charge is 2.27. The van der Waals surface area contributed by atoms with Gasteiger partial charge in [0.05, 0.1) is 32.6 Å². The number of pyridine rings is 1. The van der Waals surface area contributed by atoms with Gasteiger partial charge in [0.25, 0.3) is 0 Å². The molecule has 1 aromatic carbocycles. The van der Waals surface area contributed by atoms with Crippen LogP contribution in [0.25, 0.3) is 11.3 Å². The third-order valence-electron chi connectivity index (χ3n) is 4.24. The molecule has 0 bridgehead atoms. The van der Waals surface area contributed by atoms with Crippen LogP contribution < -0.4 is 9.64 Å². The lowest BCUT2D eigenvalue weighted by Crippen LogP contribution is -2.26. The highest BCUT2D eigenvalue weighted by molar-refractivity contribution is 6.05. The average Bonchev–Trinajstić information content (AvgIpc) is 3.01. The van der Waals surface area contributed by atoms with E-state index in [9.17, 15) is 9.59 Å². The molecule has 0 amide bonds. The molecule has 2 heterocycles.